The number of piperidine rings is 1. The van der Waals surface area contributed by atoms with Gasteiger partial charge >= 0.3 is 0 Å². The van der Waals surface area contributed by atoms with Crippen LogP contribution in [0.4, 0.5) is 0 Å². The van der Waals surface area contributed by atoms with Crippen molar-refractivity contribution < 1.29 is 9.59 Å². The van der Waals surface area contributed by atoms with Gasteiger partial charge in [-0.3, -0.25) is 9.59 Å². The Kier molecular flexibility index (Phi) is 6.50. The van der Waals surface area contributed by atoms with Gasteiger partial charge in [0.2, 0.25) is 11.8 Å². The first-order valence-corrected chi connectivity index (χ1v) is 11.6. The summed E-state index contributed by atoms with van der Waals surface area (Å²) in [5.74, 6) is 0.945. The summed E-state index contributed by atoms with van der Waals surface area (Å²) in [6.45, 7) is 2.05. The molecule has 7 heteroatoms. The fourth-order valence-electron chi connectivity index (χ4n) is 3.85. The van der Waals surface area contributed by atoms with Crippen LogP contribution in [0.1, 0.15) is 54.3 Å². The molecule has 0 unspecified atom stereocenters. The lowest BCUT2D eigenvalue weighted by Crippen LogP contribution is -2.38. The van der Waals surface area contributed by atoms with E-state index < -0.39 is 0 Å². The van der Waals surface area contributed by atoms with Crippen LogP contribution in [0.2, 0.25) is 5.02 Å². The van der Waals surface area contributed by atoms with Gasteiger partial charge in [-0.1, -0.05) is 30.2 Å². The zero-order valence-electron chi connectivity index (χ0n) is 16.4. The van der Waals surface area contributed by atoms with E-state index >= 15 is 0 Å². The zero-order valence-corrected chi connectivity index (χ0v) is 18.0. The monoisotopic (exact) mass is 431 g/mol. The topological polar surface area (TPSA) is 62.3 Å². The number of aromatic nitrogens is 1. The largest absolute Gasteiger partial charge is 0.350 e. The molecule has 29 heavy (non-hydrogen) atoms. The number of hydrogen-bond donors (Lipinski definition) is 1. The maximum absolute atomic E-state index is 12.6. The lowest BCUT2D eigenvalue weighted by molar-refractivity contribution is -0.131. The number of rotatable bonds is 6. The molecule has 154 valence electrons. The molecule has 1 aromatic heterocycles. The molecule has 2 aliphatic rings. The summed E-state index contributed by atoms with van der Waals surface area (Å²) in [7, 11) is 0. The van der Waals surface area contributed by atoms with Crippen LogP contribution in [-0.4, -0.2) is 34.8 Å². The highest BCUT2D eigenvalue weighted by Crippen LogP contribution is 2.31. The molecule has 1 aromatic carbocycles. The second-order valence-corrected chi connectivity index (χ2v) is 9.31. The summed E-state index contributed by atoms with van der Waals surface area (Å²) in [4.78, 5) is 31.2. The summed E-state index contributed by atoms with van der Waals surface area (Å²) in [5.41, 5.74) is 1.94. The smallest absolute Gasteiger partial charge is 0.226 e. The zero-order chi connectivity index (χ0) is 20.2. The molecule has 0 radical (unpaired) electrons. The molecule has 2 heterocycles. The third-order valence-electron chi connectivity index (χ3n) is 5.95. The molecule has 1 aliphatic carbocycles. The van der Waals surface area contributed by atoms with Crippen molar-refractivity contribution >= 4 is 34.8 Å². The van der Waals surface area contributed by atoms with Crippen LogP contribution < -0.4 is 5.32 Å². The molecule has 1 saturated carbocycles. The first kappa shape index (κ1) is 20.4. The molecule has 4 rings (SSSR count). The third kappa shape index (κ3) is 5.17. The molecule has 1 N–H and O–H groups in total. The highest BCUT2D eigenvalue weighted by atomic mass is 35.5. The first-order valence-electron chi connectivity index (χ1n) is 10.3. The molecule has 0 bridgehead atoms. The van der Waals surface area contributed by atoms with Crippen LogP contribution in [-0.2, 0) is 22.6 Å². The van der Waals surface area contributed by atoms with Gasteiger partial charge in [-0.15, -0.1) is 11.3 Å². The SMILES string of the molecule is O=C(NCc1csc(C2CCN(C(=O)Cc3ccc(Cl)cc3)CC2)n1)C1CCC1. The number of likely N-dealkylation sites (tertiary alicyclic amines) is 1. The van der Waals surface area contributed by atoms with Gasteiger partial charge in [0.25, 0.3) is 0 Å². The molecule has 1 aliphatic heterocycles. The van der Waals surface area contributed by atoms with E-state index in [4.69, 9.17) is 16.6 Å². The van der Waals surface area contributed by atoms with E-state index in [0.29, 0.717) is 23.9 Å². The van der Waals surface area contributed by atoms with E-state index in [1.54, 1.807) is 11.3 Å². The normalized spacial score (nSPS) is 17.8. The Hall–Kier alpha value is -1.92. The quantitative estimate of drug-likeness (QED) is 0.746. The van der Waals surface area contributed by atoms with Gasteiger partial charge in [0.05, 0.1) is 23.7 Å². The highest BCUT2D eigenvalue weighted by molar-refractivity contribution is 7.09. The van der Waals surface area contributed by atoms with E-state index in [0.717, 1.165) is 55.0 Å². The van der Waals surface area contributed by atoms with Gasteiger partial charge in [-0.25, -0.2) is 4.98 Å². The van der Waals surface area contributed by atoms with Crippen molar-refractivity contribution in [3.63, 3.8) is 0 Å². The molecule has 2 fully saturated rings. The van der Waals surface area contributed by atoms with Gasteiger partial charge < -0.3 is 10.2 Å². The minimum absolute atomic E-state index is 0.165. The molecule has 2 amide bonds. The predicted molar refractivity (Wildman–Crippen MR) is 115 cm³/mol. The van der Waals surface area contributed by atoms with Crippen molar-refractivity contribution in [2.45, 2.75) is 51.0 Å². The Balaban J connectivity index is 1.24. The molecular weight excluding hydrogens is 406 g/mol. The van der Waals surface area contributed by atoms with Gasteiger partial charge in [0.15, 0.2) is 0 Å². The fourth-order valence-corrected chi connectivity index (χ4v) is 4.97. The van der Waals surface area contributed by atoms with Crippen LogP contribution >= 0.6 is 22.9 Å². The van der Waals surface area contributed by atoms with E-state index in [2.05, 4.69) is 10.7 Å². The van der Waals surface area contributed by atoms with Crippen LogP contribution in [0.5, 0.6) is 0 Å². The van der Waals surface area contributed by atoms with Crippen molar-refractivity contribution in [1.82, 2.24) is 15.2 Å². The molecule has 5 nitrogen and oxygen atoms in total. The number of hydrogen-bond acceptors (Lipinski definition) is 4. The lowest BCUT2D eigenvalue weighted by Gasteiger charge is -2.31. The van der Waals surface area contributed by atoms with E-state index in [1.807, 2.05) is 29.2 Å². The summed E-state index contributed by atoms with van der Waals surface area (Å²) < 4.78 is 0. The summed E-state index contributed by atoms with van der Waals surface area (Å²) >= 11 is 7.58. The Morgan fingerprint density at radius 3 is 2.52 bits per heavy atom. The maximum atomic E-state index is 12.6. The van der Waals surface area contributed by atoms with Gasteiger partial charge in [0.1, 0.15) is 0 Å². The van der Waals surface area contributed by atoms with Gasteiger partial charge in [0, 0.05) is 35.3 Å². The highest BCUT2D eigenvalue weighted by Gasteiger charge is 2.27. The molecule has 1 saturated heterocycles. The van der Waals surface area contributed by atoms with Crippen LogP contribution in [0.3, 0.4) is 0 Å². The standard InChI is InChI=1S/C22H26ClN3O2S/c23-18-6-4-15(5-7-18)12-20(27)26-10-8-17(9-11-26)22-25-19(14-29-22)13-24-21(28)16-2-1-3-16/h4-7,14,16-17H,1-3,8-13H2,(H,24,28). The fraction of sp³-hybridized carbons (Fsp3) is 0.500. The van der Waals surface area contributed by atoms with E-state index in [9.17, 15) is 9.59 Å². The number of carbonyl (C=O) groups is 2. The van der Waals surface area contributed by atoms with Crippen LogP contribution in [0, 0.1) is 5.92 Å². The van der Waals surface area contributed by atoms with Crippen LogP contribution in [0.15, 0.2) is 29.6 Å². The van der Waals surface area contributed by atoms with Gasteiger partial charge in [-0.05, 0) is 43.4 Å². The van der Waals surface area contributed by atoms with Crippen molar-refractivity contribution in [2.24, 2.45) is 5.92 Å². The van der Waals surface area contributed by atoms with Crippen molar-refractivity contribution in [3.05, 3.63) is 50.9 Å². The van der Waals surface area contributed by atoms with Crippen molar-refractivity contribution in [1.29, 1.82) is 0 Å². The van der Waals surface area contributed by atoms with E-state index in [-0.39, 0.29) is 17.7 Å². The lowest BCUT2D eigenvalue weighted by atomic mass is 9.85. The number of carbonyl (C=O) groups excluding carboxylic acids is 2. The average molecular weight is 432 g/mol. The Labute approximate surface area is 180 Å². The van der Waals surface area contributed by atoms with E-state index in [1.165, 1.54) is 6.42 Å². The summed E-state index contributed by atoms with van der Waals surface area (Å²) in [6, 6.07) is 7.47. The number of thiazole rings is 1. The number of nitrogens with zero attached hydrogens (tertiary/aromatic N) is 2. The van der Waals surface area contributed by atoms with Crippen molar-refractivity contribution in [3.8, 4) is 0 Å². The summed E-state index contributed by atoms with van der Waals surface area (Å²) in [5, 5.41) is 6.87. The second-order valence-electron chi connectivity index (χ2n) is 7.98. The number of halogens is 1. The second kappa shape index (κ2) is 9.26. The number of benzene rings is 1. The van der Waals surface area contributed by atoms with Crippen molar-refractivity contribution in [2.75, 3.05) is 13.1 Å². The molecular formula is C22H26ClN3O2S. The number of amides is 2. The maximum Gasteiger partial charge on any atom is 0.226 e. The third-order valence-corrected chi connectivity index (χ3v) is 7.26. The minimum Gasteiger partial charge on any atom is -0.350 e. The average Bonchev–Trinajstić information content (AvgIpc) is 3.16. The Bertz CT molecular complexity index is 855. The summed E-state index contributed by atoms with van der Waals surface area (Å²) in [6.07, 6.45) is 5.50. The Morgan fingerprint density at radius 2 is 1.86 bits per heavy atom. The first-order chi connectivity index (χ1) is 14.1. The number of nitrogens with one attached hydrogen (secondary N) is 1. The molecule has 2 aromatic rings. The van der Waals surface area contributed by atoms with Crippen LogP contribution in [0.25, 0.3) is 0 Å². The Morgan fingerprint density at radius 1 is 1.14 bits per heavy atom. The minimum atomic E-state index is 0.165. The predicted octanol–water partition coefficient (Wildman–Crippen LogP) is 4.16. The molecule has 0 spiro atoms. The molecule has 0 atom stereocenters. The van der Waals surface area contributed by atoms with Gasteiger partial charge in [-0.2, -0.15) is 0 Å².